The summed E-state index contributed by atoms with van der Waals surface area (Å²) in [5.74, 6) is 0.232. The van der Waals surface area contributed by atoms with E-state index in [4.69, 9.17) is 0 Å². The van der Waals surface area contributed by atoms with E-state index in [-0.39, 0.29) is 30.0 Å². The normalized spacial score (nSPS) is 16.7. The van der Waals surface area contributed by atoms with Crippen LogP contribution in [0.25, 0.3) is 0 Å². The van der Waals surface area contributed by atoms with Crippen LogP contribution < -0.4 is 0 Å². The van der Waals surface area contributed by atoms with E-state index in [0.29, 0.717) is 0 Å². The standard InChI is InChI=1S/C16H21N3O3S/c1-18-11-15(9-17-18)23(21,22)19(16(12-20)14-7-8-14)10-13-5-3-2-4-6-13/h2-6,9,11,14,16,20H,7-8,10,12H2,1H3. The molecule has 0 amide bonds. The number of rotatable bonds is 7. The Morgan fingerprint density at radius 2 is 2.04 bits per heavy atom. The summed E-state index contributed by atoms with van der Waals surface area (Å²) in [6, 6.07) is 9.07. The van der Waals surface area contributed by atoms with Gasteiger partial charge in [-0.05, 0) is 24.3 Å². The van der Waals surface area contributed by atoms with E-state index < -0.39 is 10.0 Å². The first-order valence-electron chi connectivity index (χ1n) is 7.67. The number of hydrogen-bond donors (Lipinski definition) is 1. The lowest BCUT2D eigenvalue weighted by molar-refractivity contribution is 0.166. The van der Waals surface area contributed by atoms with Crippen molar-refractivity contribution in [1.82, 2.24) is 14.1 Å². The molecule has 1 atom stereocenters. The second-order valence-electron chi connectivity index (χ2n) is 5.97. The van der Waals surface area contributed by atoms with Gasteiger partial charge in [0, 0.05) is 19.8 Å². The Balaban J connectivity index is 1.97. The van der Waals surface area contributed by atoms with E-state index in [1.54, 1.807) is 7.05 Å². The molecular formula is C16H21N3O3S. The smallest absolute Gasteiger partial charge is 0.246 e. The molecule has 0 bridgehead atoms. The van der Waals surface area contributed by atoms with Gasteiger partial charge in [0.15, 0.2) is 0 Å². The SMILES string of the molecule is Cn1cc(S(=O)(=O)N(Cc2ccccc2)C(CO)C2CC2)cn1. The monoisotopic (exact) mass is 335 g/mol. The average Bonchev–Trinajstić information content (AvgIpc) is 3.28. The van der Waals surface area contributed by atoms with Gasteiger partial charge in [-0.25, -0.2) is 8.42 Å². The van der Waals surface area contributed by atoms with Crippen molar-refractivity contribution in [2.45, 2.75) is 30.3 Å². The minimum Gasteiger partial charge on any atom is -0.395 e. The molecule has 1 heterocycles. The molecule has 1 aromatic heterocycles. The minimum absolute atomic E-state index is 0.162. The van der Waals surface area contributed by atoms with Crippen LogP contribution in [0.2, 0.25) is 0 Å². The van der Waals surface area contributed by atoms with E-state index in [1.165, 1.54) is 21.4 Å². The first-order valence-corrected chi connectivity index (χ1v) is 9.11. The molecule has 124 valence electrons. The van der Waals surface area contributed by atoms with Crippen LogP contribution in [0, 0.1) is 5.92 Å². The van der Waals surface area contributed by atoms with E-state index in [0.717, 1.165) is 18.4 Å². The van der Waals surface area contributed by atoms with Gasteiger partial charge in [-0.1, -0.05) is 30.3 Å². The summed E-state index contributed by atoms with van der Waals surface area (Å²) in [6.45, 7) is 0.0801. The van der Waals surface area contributed by atoms with Crippen LogP contribution in [0.1, 0.15) is 18.4 Å². The highest BCUT2D eigenvalue weighted by Crippen LogP contribution is 2.37. The van der Waals surface area contributed by atoms with Crippen LogP contribution >= 0.6 is 0 Å². The zero-order valence-corrected chi connectivity index (χ0v) is 13.9. The molecule has 1 aliphatic carbocycles. The first-order chi connectivity index (χ1) is 11.0. The molecule has 0 radical (unpaired) electrons. The molecule has 6 nitrogen and oxygen atoms in total. The second kappa shape index (κ2) is 6.43. The molecule has 2 aromatic rings. The second-order valence-corrected chi connectivity index (χ2v) is 7.86. The van der Waals surface area contributed by atoms with Crippen molar-refractivity contribution in [3.8, 4) is 0 Å². The number of benzene rings is 1. The number of aryl methyl sites for hydroxylation is 1. The fraction of sp³-hybridized carbons (Fsp3) is 0.438. The van der Waals surface area contributed by atoms with Crippen molar-refractivity contribution < 1.29 is 13.5 Å². The number of aromatic nitrogens is 2. The third kappa shape index (κ3) is 3.46. The van der Waals surface area contributed by atoms with Crippen LogP contribution in [0.5, 0.6) is 0 Å². The highest BCUT2D eigenvalue weighted by molar-refractivity contribution is 7.89. The molecule has 1 aliphatic rings. The van der Waals surface area contributed by atoms with E-state index in [9.17, 15) is 13.5 Å². The summed E-state index contributed by atoms with van der Waals surface area (Å²) < 4.78 is 29.0. The Bertz CT molecular complexity index is 754. The van der Waals surface area contributed by atoms with Crippen molar-refractivity contribution in [2.24, 2.45) is 13.0 Å². The predicted molar refractivity (Wildman–Crippen MR) is 86.0 cm³/mol. The van der Waals surface area contributed by atoms with Crippen LogP contribution in [0.4, 0.5) is 0 Å². The fourth-order valence-corrected chi connectivity index (χ4v) is 4.42. The van der Waals surface area contributed by atoms with Crippen molar-refractivity contribution in [3.05, 3.63) is 48.3 Å². The van der Waals surface area contributed by atoms with Gasteiger partial charge in [-0.2, -0.15) is 9.40 Å². The summed E-state index contributed by atoms with van der Waals surface area (Å²) >= 11 is 0. The van der Waals surface area contributed by atoms with Crippen molar-refractivity contribution >= 4 is 10.0 Å². The number of aliphatic hydroxyl groups is 1. The predicted octanol–water partition coefficient (Wildman–Crippen LogP) is 1.38. The van der Waals surface area contributed by atoms with Crippen LogP contribution in [-0.2, 0) is 23.6 Å². The van der Waals surface area contributed by atoms with Crippen LogP contribution in [-0.4, -0.2) is 40.3 Å². The summed E-state index contributed by atoms with van der Waals surface area (Å²) in [5, 5.41) is 13.7. The third-order valence-corrected chi connectivity index (χ3v) is 6.02. The van der Waals surface area contributed by atoms with Gasteiger partial charge in [0.1, 0.15) is 4.90 Å². The van der Waals surface area contributed by atoms with Gasteiger partial charge in [-0.3, -0.25) is 4.68 Å². The zero-order valence-electron chi connectivity index (χ0n) is 13.0. The first kappa shape index (κ1) is 16.2. The quantitative estimate of drug-likeness (QED) is 0.829. The maximum atomic E-state index is 13.0. The minimum atomic E-state index is -3.70. The molecule has 0 aliphatic heterocycles. The lowest BCUT2D eigenvalue weighted by atomic mass is 10.1. The Morgan fingerprint density at radius 1 is 1.35 bits per heavy atom. The molecule has 3 rings (SSSR count). The Labute approximate surface area is 136 Å². The molecule has 1 saturated carbocycles. The van der Waals surface area contributed by atoms with Gasteiger partial charge >= 0.3 is 0 Å². The maximum Gasteiger partial charge on any atom is 0.246 e. The lowest BCUT2D eigenvalue weighted by Crippen LogP contribution is -2.43. The highest BCUT2D eigenvalue weighted by atomic mass is 32.2. The molecule has 1 unspecified atom stereocenters. The van der Waals surface area contributed by atoms with E-state index >= 15 is 0 Å². The van der Waals surface area contributed by atoms with Gasteiger partial charge in [-0.15, -0.1) is 0 Å². The Morgan fingerprint density at radius 3 is 2.57 bits per heavy atom. The fourth-order valence-electron chi connectivity index (χ4n) is 2.77. The summed E-state index contributed by atoms with van der Waals surface area (Å²) in [7, 11) is -2.02. The van der Waals surface area contributed by atoms with Gasteiger partial charge < -0.3 is 5.11 Å². The van der Waals surface area contributed by atoms with Gasteiger partial charge in [0.25, 0.3) is 0 Å². The number of aliphatic hydroxyl groups excluding tert-OH is 1. The van der Waals surface area contributed by atoms with Crippen molar-refractivity contribution in [2.75, 3.05) is 6.61 Å². The number of hydrogen-bond acceptors (Lipinski definition) is 4. The number of sulfonamides is 1. The summed E-state index contributed by atoms with van der Waals surface area (Å²) in [4.78, 5) is 0.162. The molecular weight excluding hydrogens is 314 g/mol. The van der Waals surface area contributed by atoms with Gasteiger partial charge in [0.05, 0.1) is 18.8 Å². The highest BCUT2D eigenvalue weighted by Gasteiger charge is 2.41. The van der Waals surface area contributed by atoms with E-state index in [1.807, 2.05) is 30.3 Å². The molecule has 0 saturated heterocycles. The molecule has 1 fully saturated rings. The molecule has 1 N–H and O–H groups in total. The molecule has 23 heavy (non-hydrogen) atoms. The van der Waals surface area contributed by atoms with Gasteiger partial charge in [0.2, 0.25) is 10.0 Å². The van der Waals surface area contributed by atoms with Crippen molar-refractivity contribution in [3.63, 3.8) is 0 Å². The molecule has 0 spiro atoms. The average molecular weight is 335 g/mol. The largest absolute Gasteiger partial charge is 0.395 e. The lowest BCUT2D eigenvalue weighted by Gasteiger charge is -2.29. The molecule has 7 heteroatoms. The van der Waals surface area contributed by atoms with Crippen molar-refractivity contribution in [1.29, 1.82) is 0 Å². The zero-order chi connectivity index (χ0) is 16.4. The van der Waals surface area contributed by atoms with E-state index in [2.05, 4.69) is 5.10 Å². The maximum absolute atomic E-state index is 13.0. The topological polar surface area (TPSA) is 75.4 Å². The number of nitrogens with zero attached hydrogens (tertiary/aromatic N) is 3. The Kier molecular flexibility index (Phi) is 4.52. The summed E-state index contributed by atoms with van der Waals surface area (Å²) in [6.07, 6.45) is 4.77. The van der Waals surface area contributed by atoms with Crippen LogP contribution in [0.15, 0.2) is 47.6 Å². The Hall–Kier alpha value is -1.70. The van der Waals surface area contributed by atoms with Crippen LogP contribution in [0.3, 0.4) is 0 Å². The third-order valence-electron chi connectivity index (χ3n) is 4.19. The summed E-state index contributed by atoms with van der Waals surface area (Å²) in [5.41, 5.74) is 0.902. The molecule has 1 aromatic carbocycles.